The number of hydrogen-bond acceptors (Lipinski definition) is 2. The van der Waals surface area contributed by atoms with Crippen molar-refractivity contribution in [2.24, 2.45) is 0 Å². The molecule has 5 heteroatoms. The van der Waals surface area contributed by atoms with Crippen LogP contribution in [0, 0.1) is 0 Å². The van der Waals surface area contributed by atoms with Crippen molar-refractivity contribution in [2.45, 2.75) is 0 Å². The van der Waals surface area contributed by atoms with Crippen LogP contribution in [0.15, 0.2) is 41.0 Å². The van der Waals surface area contributed by atoms with Gasteiger partial charge in [0.2, 0.25) is 0 Å². The third-order valence-electron chi connectivity index (χ3n) is 2.38. The normalized spacial score (nSPS) is 10.2. The standard InChI is InChI=1S/C12H10BrNO3/c1-17-11-7-8(4-5-9(11)13)14-6-2-3-10(14)12(15)16/h2-7H,1H3,(H,15,16). The van der Waals surface area contributed by atoms with Gasteiger partial charge in [0.25, 0.3) is 0 Å². The smallest absolute Gasteiger partial charge is 0.352 e. The van der Waals surface area contributed by atoms with E-state index >= 15 is 0 Å². The third-order valence-corrected chi connectivity index (χ3v) is 3.04. The number of carboxylic acid groups (broad SMARTS) is 1. The van der Waals surface area contributed by atoms with E-state index in [9.17, 15) is 4.79 Å². The molecule has 1 heterocycles. The summed E-state index contributed by atoms with van der Waals surface area (Å²) >= 11 is 3.35. The van der Waals surface area contributed by atoms with E-state index in [-0.39, 0.29) is 5.69 Å². The molecular weight excluding hydrogens is 286 g/mol. The SMILES string of the molecule is COc1cc(-n2cccc2C(=O)O)ccc1Br. The van der Waals surface area contributed by atoms with Gasteiger partial charge in [-0.05, 0) is 40.2 Å². The van der Waals surface area contributed by atoms with Gasteiger partial charge in [0.1, 0.15) is 11.4 Å². The Morgan fingerprint density at radius 2 is 2.18 bits per heavy atom. The van der Waals surface area contributed by atoms with E-state index in [4.69, 9.17) is 9.84 Å². The molecule has 0 atom stereocenters. The average Bonchev–Trinajstić information content (AvgIpc) is 2.78. The highest BCUT2D eigenvalue weighted by atomic mass is 79.9. The number of aromatic carboxylic acids is 1. The Balaban J connectivity index is 2.53. The Bertz CT molecular complexity index is 563. The second-order valence-electron chi connectivity index (χ2n) is 3.39. The lowest BCUT2D eigenvalue weighted by atomic mass is 10.3. The molecule has 0 aliphatic heterocycles. The highest BCUT2D eigenvalue weighted by Gasteiger charge is 2.11. The van der Waals surface area contributed by atoms with Crippen molar-refractivity contribution in [2.75, 3.05) is 7.11 Å². The van der Waals surface area contributed by atoms with E-state index in [0.717, 1.165) is 10.2 Å². The van der Waals surface area contributed by atoms with Crippen molar-refractivity contribution in [1.29, 1.82) is 0 Å². The van der Waals surface area contributed by atoms with Crippen molar-refractivity contribution in [3.05, 3.63) is 46.7 Å². The van der Waals surface area contributed by atoms with Crippen LogP contribution < -0.4 is 4.74 Å². The fourth-order valence-corrected chi connectivity index (χ4v) is 1.99. The Hall–Kier alpha value is -1.75. The fraction of sp³-hybridized carbons (Fsp3) is 0.0833. The number of halogens is 1. The lowest BCUT2D eigenvalue weighted by molar-refractivity contribution is 0.0688. The van der Waals surface area contributed by atoms with Gasteiger partial charge in [-0.3, -0.25) is 0 Å². The van der Waals surface area contributed by atoms with Gasteiger partial charge < -0.3 is 14.4 Å². The first-order valence-electron chi connectivity index (χ1n) is 4.88. The molecule has 0 saturated carbocycles. The second kappa shape index (κ2) is 4.63. The average molecular weight is 296 g/mol. The number of carbonyl (C=O) groups is 1. The first-order valence-corrected chi connectivity index (χ1v) is 5.67. The summed E-state index contributed by atoms with van der Waals surface area (Å²) in [5.41, 5.74) is 0.960. The number of hydrogen-bond donors (Lipinski definition) is 1. The monoisotopic (exact) mass is 295 g/mol. The van der Waals surface area contributed by atoms with Gasteiger partial charge in [0.15, 0.2) is 0 Å². The van der Waals surface area contributed by atoms with Gasteiger partial charge in [-0.2, -0.15) is 0 Å². The molecule has 0 radical (unpaired) electrons. The first kappa shape index (κ1) is 11.7. The maximum atomic E-state index is 11.0. The Labute approximate surface area is 107 Å². The van der Waals surface area contributed by atoms with Crippen LogP contribution in [0.2, 0.25) is 0 Å². The van der Waals surface area contributed by atoms with Crippen molar-refractivity contribution in [3.63, 3.8) is 0 Å². The summed E-state index contributed by atoms with van der Waals surface area (Å²) in [6.07, 6.45) is 1.70. The number of benzene rings is 1. The number of ether oxygens (including phenoxy) is 1. The summed E-state index contributed by atoms with van der Waals surface area (Å²) in [6.45, 7) is 0. The topological polar surface area (TPSA) is 51.5 Å². The quantitative estimate of drug-likeness (QED) is 0.947. The number of nitrogens with zero attached hydrogens (tertiary/aromatic N) is 1. The maximum absolute atomic E-state index is 11.0. The predicted octanol–water partition coefficient (Wildman–Crippen LogP) is 2.95. The molecule has 17 heavy (non-hydrogen) atoms. The first-order chi connectivity index (χ1) is 8.13. The van der Waals surface area contributed by atoms with E-state index in [0.29, 0.717) is 5.75 Å². The zero-order chi connectivity index (χ0) is 12.4. The van der Waals surface area contributed by atoms with Crippen molar-refractivity contribution in [1.82, 2.24) is 4.57 Å². The van der Waals surface area contributed by atoms with Crippen LogP contribution in [0.4, 0.5) is 0 Å². The molecule has 0 unspecified atom stereocenters. The van der Waals surface area contributed by atoms with Crippen LogP contribution in [0.3, 0.4) is 0 Å². The summed E-state index contributed by atoms with van der Waals surface area (Å²) in [5.74, 6) is -0.301. The summed E-state index contributed by atoms with van der Waals surface area (Å²) in [6, 6.07) is 8.66. The highest BCUT2D eigenvalue weighted by Crippen LogP contribution is 2.27. The van der Waals surface area contributed by atoms with E-state index in [1.54, 1.807) is 36.1 Å². The zero-order valence-electron chi connectivity index (χ0n) is 9.05. The molecule has 0 aliphatic carbocycles. The summed E-state index contributed by atoms with van der Waals surface area (Å²) in [7, 11) is 1.57. The van der Waals surface area contributed by atoms with E-state index in [1.807, 2.05) is 12.1 Å². The van der Waals surface area contributed by atoms with Crippen molar-refractivity contribution >= 4 is 21.9 Å². The van der Waals surface area contributed by atoms with Crippen LogP contribution in [-0.2, 0) is 0 Å². The minimum absolute atomic E-state index is 0.217. The van der Waals surface area contributed by atoms with E-state index < -0.39 is 5.97 Å². The summed E-state index contributed by atoms with van der Waals surface area (Å²) in [4.78, 5) is 11.0. The van der Waals surface area contributed by atoms with Gasteiger partial charge in [-0.15, -0.1) is 0 Å². The maximum Gasteiger partial charge on any atom is 0.352 e. The van der Waals surface area contributed by atoms with Gasteiger partial charge in [0, 0.05) is 18.0 Å². The molecule has 88 valence electrons. The van der Waals surface area contributed by atoms with Crippen LogP contribution in [0.5, 0.6) is 5.75 Å². The number of aromatic nitrogens is 1. The highest BCUT2D eigenvalue weighted by molar-refractivity contribution is 9.10. The van der Waals surface area contributed by atoms with Gasteiger partial charge >= 0.3 is 5.97 Å². The zero-order valence-corrected chi connectivity index (χ0v) is 10.6. The van der Waals surface area contributed by atoms with E-state index in [1.165, 1.54) is 0 Å². The van der Waals surface area contributed by atoms with E-state index in [2.05, 4.69) is 15.9 Å². The van der Waals surface area contributed by atoms with Crippen LogP contribution in [0.1, 0.15) is 10.5 Å². The van der Waals surface area contributed by atoms with Crippen molar-refractivity contribution < 1.29 is 14.6 Å². The van der Waals surface area contributed by atoms with Gasteiger partial charge in [0.05, 0.1) is 11.6 Å². The third kappa shape index (κ3) is 2.19. The molecule has 0 bridgehead atoms. The number of rotatable bonds is 3. The lowest BCUT2D eigenvalue weighted by Crippen LogP contribution is -2.05. The fourth-order valence-electron chi connectivity index (χ4n) is 1.58. The molecule has 1 aromatic carbocycles. The predicted molar refractivity (Wildman–Crippen MR) is 67.0 cm³/mol. The molecule has 0 fully saturated rings. The number of carboxylic acids is 1. The van der Waals surface area contributed by atoms with Crippen molar-refractivity contribution in [3.8, 4) is 11.4 Å². The second-order valence-corrected chi connectivity index (χ2v) is 4.24. The molecule has 1 aromatic heterocycles. The minimum atomic E-state index is -0.961. The minimum Gasteiger partial charge on any atom is -0.495 e. The summed E-state index contributed by atoms with van der Waals surface area (Å²) in [5, 5.41) is 9.04. The van der Waals surface area contributed by atoms with Crippen LogP contribution in [0.25, 0.3) is 5.69 Å². The Morgan fingerprint density at radius 3 is 2.82 bits per heavy atom. The lowest BCUT2D eigenvalue weighted by Gasteiger charge is -2.09. The largest absolute Gasteiger partial charge is 0.495 e. The summed E-state index contributed by atoms with van der Waals surface area (Å²) < 4.78 is 7.60. The molecule has 0 saturated heterocycles. The Kier molecular flexibility index (Phi) is 3.19. The molecule has 2 rings (SSSR count). The molecular formula is C12H10BrNO3. The molecule has 4 nitrogen and oxygen atoms in total. The molecule has 2 aromatic rings. The molecule has 0 spiro atoms. The molecule has 0 aliphatic rings. The molecule has 1 N–H and O–H groups in total. The van der Waals surface area contributed by atoms with Gasteiger partial charge in [-0.25, -0.2) is 4.79 Å². The number of methoxy groups -OCH3 is 1. The molecule has 0 amide bonds. The van der Waals surface area contributed by atoms with Gasteiger partial charge in [-0.1, -0.05) is 0 Å². The Morgan fingerprint density at radius 1 is 1.41 bits per heavy atom. The van der Waals surface area contributed by atoms with Crippen LogP contribution in [-0.4, -0.2) is 22.8 Å². The van der Waals surface area contributed by atoms with Crippen LogP contribution >= 0.6 is 15.9 Å².